The van der Waals surface area contributed by atoms with Gasteiger partial charge in [0.05, 0.1) is 17.1 Å². The van der Waals surface area contributed by atoms with Gasteiger partial charge < -0.3 is 14.8 Å². The average Bonchev–Trinajstić information content (AvgIpc) is 3.04. The summed E-state index contributed by atoms with van der Waals surface area (Å²) in [6.45, 7) is 1.26. The Labute approximate surface area is 156 Å². The van der Waals surface area contributed by atoms with E-state index in [1.807, 2.05) is 18.2 Å². The van der Waals surface area contributed by atoms with Gasteiger partial charge in [0.2, 0.25) is 0 Å². The van der Waals surface area contributed by atoms with Gasteiger partial charge in [-0.3, -0.25) is 4.98 Å². The van der Waals surface area contributed by atoms with Crippen molar-refractivity contribution < 1.29 is 14.3 Å². The summed E-state index contributed by atoms with van der Waals surface area (Å²) in [6, 6.07) is 12.1. The van der Waals surface area contributed by atoms with Gasteiger partial charge in [-0.2, -0.15) is 0 Å². The molecule has 0 unspecified atom stereocenters. The van der Waals surface area contributed by atoms with Crippen LogP contribution in [0.1, 0.15) is 21.7 Å². The minimum atomic E-state index is -1.00. The number of carbonyl (C=O) groups is 1. The molecule has 2 aromatic heterocycles. The zero-order valence-corrected chi connectivity index (χ0v) is 14.7. The molecule has 0 aliphatic rings. The highest BCUT2D eigenvalue weighted by Crippen LogP contribution is 2.30. The number of hydrogen-bond acceptors (Lipinski definition) is 4. The van der Waals surface area contributed by atoms with Crippen LogP contribution in [-0.2, 0) is 13.1 Å². The Morgan fingerprint density at radius 2 is 1.88 bits per heavy atom. The third kappa shape index (κ3) is 4.82. The predicted octanol–water partition coefficient (Wildman–Crippen LogP) is 4.40. The molecule has 0 radical (unpaired) electrons. The second-order valence-corrected chi connectivity index (χ2v) is 5.63. The maximum absolute atomic E-state index is 11.1. The van der Waals surface area contributed by atoms with E-state index in [1.165, 1.54) is 12.1 Å². The summed E-state index contributed by atoms with van der Waals surface area (Å²) in [5.74, 6) is 0.290. The topological polar surface area (TPSA) is 75.4 Å². The SMILES string of the molecule is Cl.O=C(O)c1ccc(Cl)c(-c2ccc(CNCc3ccncc3)o2)c1. The predicted molar refractivity (Wildman–Crippen MR) is 98.1 cm³/mol. The summed E-state index contributed by atoms with van der Waals surface area (Å²) >= 11 is 6.15. The Hall–Kier alpha value is -2.34. The van der Waals surface area contributed by atoms with Gasteiger partial charge in [0.15, 0.2) is 0 Å². The van der Waals surface area contributed by atoms with Crippen molar-refractivity contribution in [2.75, 3.05) is 0 Å². The molecule has 130 valence electrons. The molecule has 0 spiro atoms. The normalized spacial score (nSPS) is 10.3. The summed E-state index contributed by atoms with van der Waals surface area (Å²) < 4.78 is 5.77. The lowest BCUT2D eigenvalue weighted by molar-refractivity contribution is 0.0697. The lowest BCUT2D eigenvalue weighted by Gasteiger charge is -2.04. The van der Waals surface area contributed by atoms with Crippen molar-refractivity contribution in [3.05, 3.63) is 76.8 Å². The van der Waals surface area contributed by atoms with E-state index in [1.54, 1.807) is 24.5 Å². The van der Waals surface area contributed by atoms with Crippen molar-refractivity contribution in [2.45, 2.75) is 13.1 Å². The summed E-state index contributed by atoms with van der Waals surface area (Å²) in [6.07, 6.45) is 3.50. The molecule has 0 saturated carbocycles. The van der Waals surface area contributed by atoms with E-state index in [9.17, 15) is 4.79 Å². The monoisotopic (exact) mass is 378 g/mol. The Morgan fingerprint density at radius 3 is 2.60 bits per heavy atom. The molecule has 0 atom stereocenters. The van der Waals surface area contributed by atoms with Crippen LogP contribution in [0.2, 0.25) is 5.02 Å². The van der Waals surface area contributed by atoms with Crippen molar-refractivity contribution in [3.63, 3.8) is 0 Å². The number of pyridine rings is 1. The van der Waals surface area contributed by atoms with Gasteiger partial charge in [0, 0.05) is 24.5 Å². The van der Waals surface area contributed by atoms with Crippen LogP contribution in [0, 0.1) is 0 Å². The summed E-state index contributed by atoms with van der Waals surface area (Å²) in [7, 11) is 0. The van der Waals surface area contributed by atoms with Crippen molar-refractivity contribution in [2.24, 2.45) is 0 Å². The number of aromatic carboxylic acids is 1. The first kappa shape index (κ1) is 19.0. The maximum Gasteiger partial charge on any atom is 0.335 e. The highest BCUT2D eigenvalue weighted by Gasteiger charge is 2.12. The first-order valence-electron chi connectivity index (χ1n) is 7.35. The van der Waals surface area contributed by atoms with E-state index in [2.05, 4.69) is 10.3 Å². The van der Waals surface area contributed by atoms with E-state index in [-0.39, 0.29) is 18.0 Å². The molecule has 0 bridgehead atoms. The molecule has 3 rings (SSSR count). The van der Waals surface area contributed by atoms with Gasteiger partial charge in [-0.25, -0.2) is 4.79 Å². The number of nitrogens with one attached hydrogen (secondary N) is 1. The highest BCUT2D eigenvalue weighted by atomic mass is 35.5. The molecule has 0 fully saturated rings. The number of aromatic nitrogens is 1. The van der Waals surface area contributed by atoms with Crippen LogP contribution in [0.5, 0.6) is 0 Å². The summed E-state index contributed by atoms with van der Waals surface area (Å²) in [4.78, 5) is 15.1. The number of rotatable bonds is 6. The fourth-order valence-electron chi connectivity index (χ4n) is 2.30. The number of halogens is 2. The lowest BCUT2D eigenvalue weighted by Crippen LogP contribution is -2.11. The molecular formula is C18H16Cl2N2O3. The van der Waals surface area contributed by atoms with Gasteiger partial charge >= 0.3 is 5.97 Å². The van der Waals surface area contributed by atoms with Gasteiger partial charge in [-0.15, -0.1) is 12.4 Å². The second-order valence-electron chi connectivity index (χ2n) is 5.22. The Kier molecular flexibility index (Phi) is 6.58. The molecule has 3 aromatic rings. The first-order chi connectivity index (χ1) is 11.6. The van der Waals surface area contributed by atoms with E-state index >= 15 is 0 Å². The Balaban J connectivity index is 0.00000225. The number of hydrogen-bond donors (Lipinski definition) is 2. The number of furan rings is 1. The first-order valence-corrected chi connectivity index (χ1v) is 7.73. The van der Waals surface area contributed by atoms with E-state index in [0.717, 1.165) is 11.3 Å². The number of nitrogens with zero attached hydrogens (tertiary/aromatic N) is 1. The van der Waals surface area contributed by atoms with Crippen LogP contribution in [-0.4, -0.2) is 16.1 Å². The van der Waals surface area contributed by atoms with E-state index in [0.29, 0.717) is 29.4 Å². The van der Waals surface area contributed by atoms with Crippen molar-refractivity contribution in [3.8, 4) is 11.3 Å². The van der Waals surface area contributed by atoms with Crippen LogP contribution in [0.3, 0.4) is 0 Å². The van der Waals surface area contributed by atoms with Crippen molar-refractivity contribution in [1.29, 1.82) is 0 Å². The summed E-state index contributed by atoms with van der Waals surface area (Å²) in [5, 5.41) is 12.8. The minimum absolute atomic E-state index is 0. The fraction of sp³-hybridized carbons (Fsp3) is 0.111. The fourth-order valence-corrected chi connectivity index (χ4v) is 2.51. The standard InChI is InChI=1S/C18H15ClN2O3.ClH/c19-16-3-1-13(18(22)23)9-15(16)17-4-2-14(24-17)11-21-10-12-5-7-20-8-6-12;/h1-9,21H,10-11H2,(H,22,23);1H. The van der Waals surface area contributed by atoms with E-state index < -0.39 is 5.97 Å². The van der Waals surface area contributed by atoms with E-state index in [4.69, 9.17) is 21.1 Å². The largest absolute Gasteiger partial charge is 0.478 e. The van der Waals surface area contributed by atoms with Crippen LogP contribution < -0.4 is 5.32 Å². The average molecular weight is 379 g/mol. The molecule has 5 nitrogen and oxygen atoms in total. The van der Waals surface area contributed by atoms with Crippen LogP contribution in [0.4, 0.5) is 0 Å². The van der Waals surface area contributed by atoms with Gasteiger partial charge in [0.1, 0.15) is 11.5 Å². The molecule has 25 heavy (non-hydrogen) atoms. The molecule has 0 aliphatic carbocycles. The quantitative estimate of drug-likeness (QED) is 0.664. The maximum atomic E-state index is 11.1. The molecule has 2 N–H and O–H groups in total. The van der Waals surface area contributed by atoms with Crippen LogP contribution in [0.25, 0.3) is 11.3 Å². The van der Waals surface area contributed by atoms with Gasteiger partial charge in [0.25, 0.3) is 0 Å². The minimum Gasteiger partial charge on any atom is -0.478 e. The Morgan fingerprint density at radius 1 is 1.12 bits per heavy atom. The molecule has 0 saturated heterocycles. The van der Waals surface area contributed by atoms with Gasteiger partial charge in [-0.05, 0) is 48.0 Å². The number of carboxylic acid groups (broad SMARTS) is 1. The van der Waals surface area contributed by atoms with Crippen molar-refractivity contribution >= 4 is 30.0 Å². The smallest absolute Gasteiger partial charge is 0.335 e. The third-order valence-corrected chi connectivity index (χ3v) is 3.85. The number of carboxylic acids is 1. The summed E-state index contributed by atoms with van der Waals surface area (Å²) in [5.41, 5.74) is 1.87. The molecule has 0 amide bonds. The molecule has 2 heterocycles. The van der Waals surface area contributed by atoms with Gasteiger partial charge in [-0.1, -0.05) is 11.6 Å². The molecular weight excluding hydrogens is 363 g/mol. The number of benzene rings is 1. The second kappa shape index (κ2) is 8.67. The molecule has 1 aromatic carbocycles. The highest BCUT2D eigenvalue weighted by molar-refractivity contribution is 6.33. The Bertz CT molecular complexity index is 851. The zero-order chi connectivity index (χ0) is 16.9. The van der Waals surface area contributed by atoms with Crippen LogP contribution >= 0.6 is 24.0 Å². The molecule has 0 aliphatic heterocycles. The van der Waals surface area contributed by atoms with Crippen LogP contribution in [0.15, 0.2) is 59.3 Å². The molecule has 7 heteroatoms. The van der Waals surface area contributed by atoms with Crippen molar-refractivity contribution in [1.82, 2.24) is 10.3 Å². The zero-order valence-electron chi connectivity index (χ0n) is 13.1. The third-order valence-electron chi connectivity index (χ3n) is 3.52. The lowest BCUT2D eigenvalue weighted by atomic mass is 10.1.